The van der Waals surface area contributed by atoms with Gasteiger partial charge in [0.05, 0.1) is 6.04 Å². The van der Waals surface area contributed by atoms with Crippen LogP contribution in [0.4, 0.5) is 5.69 Å². The third kappa shape index (κ3) is 4.83. The minimum atomic E-state index is -0.0645. The van der Waals surface area contributed by atoms with Crippen molar-refractivity contribution in [3.05, 3.63) is 30.3 Å². The number of likely N-dealkylation sites (tertiary alicyclic amines) is 1. The van der Waals surface area contributed by atoms with Gasteiger partial charge in [-0.15, -0.1) is 0 Å². The number of para-hydroxylation sites is 1. The smallest absolute Gasteiger partial charge is 0.241 e. The highest BCUT2D eigenvalue weighted by Crippen LogP contribution is 2.19. The van der Waals surface area contributed by atoms with Crippen LogP contribution >= 0.6 is 0 Å². The zero-order chi connectivity index (χ0) is 15.1. The first kappa shape index (κ1) is 16.0. The lowest BCUT2D eigenvalue weighted by atomic mass is 9.95. The van der Waals surface area contributed by atoms with Crippen molar-refractivity contribution in [3.63, 3.8) is 0 Å². The lowest BCUT2D eigenvalue weighted by Gasteiger charge is -2.35. The highest BCUT2D eigenvalue weighted by atomic mass is 16.2. The van der Waals surface area contributed by atoms with Gasteiger partial charge < -0.3 is 10.6 Å². The molecule has 1 fully saturated rings. The van der Waals surface area contributed by atoms with Crippen molar-refractivity contribution in [3.8, 4) is 0 Å². The Hall–Kier alpha value is -1.39. The standard InChI is InChI=1S/C17H27N3O/c1-3-18-13-15-9-11-20(12-10-15)14(2)17(21)19-16-7-5-4-6-8-16/h4-8,14-15,18H,3,9-13H2,1-2H3,(H,19,21). The van der Waals surface area contributed by atoms with Crippen LogP contribution in [0, 0.1) is 5.92 Å². The number of carbonyl (C=O) groups excluding carboxylic acids is 1. The molecule has 1 aromatic carbocycles. The zero-order valence-corrected chi connectivity index (χ0v) is 13.1. The van der Waals surface area contributed by atoms with Crippen molar-refractivity contribution in [2.24, 2.45) is 5.92 Å². The van der Waals surface area contributed by atoms with E-state index >= 15 is 0 Å². The fraction of sp³-hybridized carbons (Fsp3) is 0.588. The largest absolute Gasteiger partial charge is 0.325 e. The summed E-state index contributed by atoms with van der Waals surface area (Å²) in [6, 6.07) is 9.61. The van der Waals surface area contributed by atoms with Gasteiger partial charge in [-0.2, -0.15) is 0 Å². The topological polar surface area (TPSA) is 44.4 Å². The molecule has 0 bridgehead atoms. The molecule has 2 rings (SSSR count). The second-order valence-electron chi connectivity index (χ2n) is 5.82. The molecule has 4 heteroatoms. The van der Waals surface area contributed by atoms with Gasteiger partial charge in [-0.25, -0.2) is 0 Å². The molecule has 2 N–H and O–H groups in total. The van der Waals surface area contributed by atoms with Gasteiger partial charge in [0, 0.05) is 5.69 Å². The predicted octanol–water partition coefficient (Wildman–Crippen LogP) is 2.34. The average Bonchev–Trinajstić information content (AvgIpc) is 2.53. The van der Waals surface area contributed by atoms with Crippen LogP contribution in [0.3, 0.4) is 0 Å². The van der Waals surface area contributed by atoms with Crippen molar-refractivity contribution in [2.45, 2.75) is 32.7 Å². The van der Waals surface area contributed by atoms with Gasteiger partial charge in [-0.3, -0.25) is 9.69 Å². The van der Waals surface area contributed by atoms with E-state index in [4.69, 9.17) is 0 Å². The Morgan fingerprint density at radius 3 is 2.57 bits per heavy atom. The molecule has 0 aliphatic carbocycles. The average molecular weight is 289 g/mol. The Kier molecular flexibility index (Phi) is 6.21. The summed E-state index contributed by atoms with van der Waals surface area (Å²) in [7, 11) is 0. The molecule has 116 valence electrons. The summed E-state index contributed by atoms with van der Waals surface area (Å²) in [6.07, 6.45) is 2.35. The summed E-state index contributed by atoms with van der Waals surface area (Å²) in [5.74, 6) is 0.844. The van der Waals surface area contributed by atoms with Crippen LogP contribution in [0.5, 0.6) is 0 Å². The minimum absolute atomic E-state index is 0.0645. The van der Waals surface area contributed by atoms with Crippen molar-refractivity contribution in [1.82, 2.24) is 10.2 Å². The molecule has 1 atom stereocenters. The Balaban J connectivity index is 1.78. The van der Waals surface area contributed by atoms with Crippen LogP contribution in [0.15, 0.2) is 30.3 Å². The molecule has 1 aliphatic heterocycles. The van der Waals surface area contributed by atoms with Crippen LogP contribution in [0.1, 0.15) is 26.7 Å². The number of anilines is 1. The van der Waals surface area contributed by atoms with Crippen LogP contribution in [-0.4, -0.2) is 43.0 Å². The number of amides is 1. The number of nitrogens with zero attached hydrogens (tertiary/aromatic N) is 1. The minimum Gasteiger partial charge on any atom is -0.325 e. The highest BCUT2D eigenvalue weighted by Gasteiger charge is 2.26. The van der Waals surface area contributed by atoms with Crippen molar-refractivity contribution in [1.29, 1.82) is 0 Å². The van der Waals surface area contributed by atoms with Gasteiger partial charge in [0.25, 0.3) is 0 Å². The summed E-state index contributed by atoms with van der Waals surface area (Å²) in [4.78, 5) is 14.6. The molecule has 1 aromatic rings. The van der Waals surface area contributed by atoms with Gasteiger partial charge in [-0.1, -0.05) is 25.1 Å². The van der Waals surface area contributed by atoms with Crippen molar-refractivity contribution in [2.75, 3.05) is 31.5 Å². The van der Waals surface area contributed by atoms with Crippen LogP contribution in [-0.2, 0) is 4.79 Å². The summed E-state index contributed by atoms with van der Waals surface area (Å²) in [5, 5.41) is 6.41. The molecule has 1 unspecified atom stereocenters. The second-order valence-corrected chi connectivity index (χ2v) is 5.82. The summed E-state index contributed by atoms with van der Waals surface area (Å²) < 4.78 is 0. The molecule has 21 heavy (non-hydrogen) atoms. The maximum absolute atomic E-state index is 12.3. The molecule has 1 saturated heterocycles. The Bertz CT molecular complexity index is 427. The maximum Gasteiger partial charge on any atom is 0.241 e. The van der Waals surface area contributed by atoms with E-state index in [-0.39, 0.29) is 11.9 Å². The number of hydrogen-bond donors (Lipinski definition) is 2. The van der Waals surface area contributed by atoms with Gasteiger partial charge in [-0.05, 0) is 64.0 Å². The van der Waals surface area contributed by atoms with Crippen LogP contribution < -0.4 is 10.6 Å². The number of nitrogens with one attached hydrogen (secondary N) is 2. The lowest BCUT2D eigenvalue weighted by Crippen LogP contribution is -2.47. The molecule has 1 amide bonds. The first-order valence-electron chi connectivity index (χ1n) is 8.01. The van der Waals surface area contributed by atoms with E-state index in [1.807, 2.05) is 37.3 Å². The molecule has 0 aromatic heterocycles. The normalized spacial score (nSPS) is 18.4. The number of rotatable bonds is 6. The van der Waals surface area contributed by atoms with Gasteiger partial charge in [0.2, 0.25) is 5.91 Å². The molecule has 1 heterocycles. The van der Waals surface area contributed by atoms with E-state index in [0.29, 0.717) is 0 Å². The van der Waals surface area contributed by atoms with Gasteiger partial charge in [0.1, 0.15) is 0 Å². The second kappa shape index (κ2) is 8.15. The summed E-state index contributed by atoms with van der Waals surface area (Å²) >= 11 is 0. The number of piperidine rings is 1. The van der Waals surface area contributed by atoms with E-state index in [2.05, 4.69) is 22.5 Å². The fourth-order valence-electron chi connectivity index (χ4n) is 2.83. The molecule has 1 aliphatic rings. The Labute approximate surface area is 127 Å². The van der Waals surface area contributed by atoms with Crippen molar-refractivity contribution < 1.29 is 4.79 Å². The quantitative estimate of drug-likeness (QED) is 0.845. The highest BCUT2D eigenvalue weighted by molar-refractivity contribution is 5.94. The van der Waals surface area contributed by atoms with E-state index in [9.17, 15) is 4.79 Å². The Morgan fingerprint density at radius 2 is 1.95 bits per heavy atom. The van der Waals surface area contributed by atoms with E-state index in [1.54, 1.807) is 0 Å². The third-order valence-electron chi connectivity index (χ3n) is 4.30. The predicted molar refractivity (Wildman–Crippen MR) is 87.4 cm³/mol. The monoisotopic (exact) mass is 289 g/mol. The van der Waals surface area contributed by atoms with Crippen LogP contribution in [0.2, 0.25) is 0 Å². The first-order chi connectivity index (χ1) is 10.2. The molecule has 0 radical (unpaired) electrons. The first-order valence-corrected chi connectivity index (χ1v) is 8.01. The van der Waals surface area contributed by atoms with Gasteiger partial charge >= 0.3 is 0 Å². The van der Waals surface area contributed by atoms with E-state index < -0.39 is 0 Å². The zero-order valence-electron chi connectivity index (χ0n) is 13.1. The summed E-state index contributed by atoms with van der Waals surface area (Å²) in [5.41, 5.74) is 0.872. The van der Waals surface area contributed by atoms with Crippen molar-refractivity contribution >= 4 is 11.6 Å². The molecule has 0 spiro atoms. The lowest BCUT2D eigenvalue weighted by molar-refractivity contribution is -0.121. The number of carbonyl (C=O) groups is 1. The molecular formula is C17H27N3O. The van der Waals surface area contributed by atoms with E-state index in [0.717, 1.165) is 37.8 Å². The molecular weight excluding hydrogens is 262 g/mol. The molecule has 4 nitrogen and oxygen atoms in total. The maximum atomic E-state index is 12.3. The number of benzene rings is 1. The Morgan fingerprint density at radius 1 is 1.29 bits per heavy atom. The number of hydrogen-bond acceptors (Lipinski definition) is 3. The fourth-order valence-corrected chi connectivity index (χ4v) is 2.83. The molecule has 0 saturated carbocycles. The summed E-state index contributed by atoms with van der Waals surface area (Å²) in [6.45, 7) is 8.32. The van der Waals surface area contributed by atoms with Crippen LogP contribution in [0.25, 0.3) is 0 Å². The SMILES string of the molecule is CCNCC1CCN(C(C)C(=O)Nc2ccccc2)CC1. The van der Waals surface area contributed by atoms with E-state index in [1.165, 1.54) is 12.8 Å². The van der Waals surface area contributed by atoms with Gasteiger partial charge in [0.15, 0.2) is 0 Å². The third-order valence-corrected chi connectivity index (χ3v) is 4.30.